The quantitative estimate of drug-likeness (QED) is 0.588. The van der Waals surface area contributed by atoms with E-state index < -0.39 is 18.0 Å². The van der Waals surface area contributed by atoms with E-state index in [9.17, 15) is 18.4 Å². The molecule has 3 aromatic heterocycles. The zero-order valence-corrected chi connectivity index (χ0v) is 18.4. The molecule has 0 radical (unpaired) electrons. The van der Waals surface area contributed by atoms with Crippen LogP contribution in [0.2, 0.25) is 0 Å². The van der Waals surface area contributed by atoms with E-state index in [2.05, 4.69) is 30.7 Å². The van der Waals surface area contributed by atoms with Crippen molar-refractivity contribution in [1.82, 2.24) is 29.7 Å². The van der Waals surface area contributed by atoms with Crippen molar-refractivity contribution in [1.29, 1.82) is 0 Å². The van der Waals surface area contributed by atoms with Gasteiger partial charge in [0, 0.05) is 43.7 Å². The van der Waals surface area contributed by atoms with Crippen molar-refractivity contribution in [3.05, 3.63) is 35.9 Å². The van der Waals surface area contributed by atoms with Gasteiger partial charge in [0.1, 0.15) is 17.2 Å². The third-order valence-electron chi connectivity index (χ3n) is 7.02. The minimum atomic E-state index is -2.82. The summed E-state index contributed by atoms with van der Waals surface area (Å²) in [5.41, 5.74) is 0.146. The lowest BCUT2D eigenvalue weighted by Gasteiger charge is -2.55. The van der Waals surface area contributed by atoms with Gasteiger partial charge in [-0.05, 0) is 32.0 Å². The van der Waals surface area contributed by atoms with Crippen LogP contribution in [0, 0.1) is 5.41 Å². The average molecular weight is 470 g/mol. The molecule has 1 saturated carbocycles. The molecule has 2 saturated heterocycles. The van der Waals surface area contributed by atoms with E-state index in [1.165, 1.54) is 21.6 Å². The number of aromatic nitrogens is 5. The molecule has 0 unspecified atom stereocenters. The second kappa shape index (κ2) is 7.83. The Bertz CT molecular complexity index is 1260. The Morgan fingerprint density at radius 3 is 2.71 bits per heavy atom. The lowest BCUT2D eigenvalue weighted by molar-refractivity contribution is -0.134. The maximum absolute atomic E-state index is 13.7. The highest BCUT2D eigenvalue weighted by Gasteiger charge is 2.52. The highest BCUT2D eigenvalue weighted by Crippen LogP contribution is 2.47. The van der Waals surface area contributed by atoms with Crippen LogP contribution in [-0.4, -0.2) is 62.2 Å². The maximum atomic E-state index is 13.7. The number of amides is 1. The predicted octanol–water partition coefficient (Wildman–Crippen LogP) is 2.21. The summed E-state index contributed by atoms with van der Waals surface area (Å²) in [6.45, 7) is 3.10. The van der Waals surface area contributed by atoms with Crippen LogP contribution in [0.4, 0.5) is 20.3 Å². The van der Waals surface area contributed by atoms with Crippen molar-refractivity contribution in [2.75, 3.05) is 36.4 Å². The standard InChI is InChI=1S/C22H24F2N8O2/c23-19(24)18-16(10-32(29-18)13-1-4-25-5-2-13)27-21(34)15-9-26-31-6-3-17(28-20(15)31)30-11-22(12-30)7-14(33)8-22/h3,6,9-10,13,19,25H,1-2,4-5,7-8,11-12H2,(H,27,34). The van der Waals surface area contributed by atoms with E-state index in [0.29, 0.717) is 30.1 Å². The van der Waals surface area contributed by atoms with E-state index in [-0.39, 0.29) is 22.7 Å². The molecule has 0 aromatic carbocycles. The largest absolute Gasteiger partial charge is 0.355 e. The van der Waals surface area contributed by atoms with Crippen LogP contribution in [0.5, 0.6) is 0 Å². The normalized spacial score (nSPS) is 20.1. The summed E-state index contributed by atoms with van der Waals surface area (Å²) in [5, 5.41) is 14.1. The molecule has 1 aliphatic carbocycles. The van der Waals surface area contributed by atoms with Gasteiger partial charge in [0.15, 0.2) is 11.3 Å². The van der Waals surface area contributed by atoms with Crippen LogP contribution < -0.4 is 15.5 Å². The number of anilines is 2. The molecular weight excluding hydrogens is 446 g/mol. The Kier molecular flexibility index (Phi) is 4.87. The number of piperidine rings is 1. The van der Waals surface area contributed by atoms with Gasteiger partial charge < -0.3 is 15.5 Å². The summed E-state index contributed by atoms with van der Waals surface area (Å²) >= 11 is 0. The van der Waals surface area contributed by atoms with Crippen LogP contribution in [0.3, 0.4) is 0 Å². The third-order valence-corrected chi connectivity index (χ3v) is 7.02. The number of rotatable bonds is 5. The van der Waals surface area contributed by atoms with Gasteiger partial charge >= 0.3 is 0 Å². The fraction of sp³-hybridized carbons (Fsp3) is 0.500. The number of halogens is 2. The molecule has 3 fully saturated rings. The van der Waals surface area contributed by atoms with Gasteiger partial charge in [0.2, 0.25) is 0 Å². The van der Waals surface area contributed by atoms with Crippen molar-refractivity contribution in [3.8, 4) is 0 Å². The average Bonchev–Trinajstić information content (AvgIpc) is 3.40. The topological polar surface area (TPSA) is 109 Å². The van der Waals surface area contributed by atoms with Gasteiger partial charge in [-0.15, -0.1) is 0 Å². The Morgan fingerprint density at radius 2 is 2.00 bits per heavy atom. The minimum Gasteiger partial charge on any atom is -0.355 e. The number of fused-ring (bicyclic) bond motifs is 1. The number of carbonyl (C=O) groups is 2. The van der Waals surface area contributed by atoms with E-state index in [1.54, 1.807) is 6.20 Å². The van der Waals surface area contributed by atoms with Crippen molar-refractivity contribution in [2.24, 2.45) is 5.41 Å². The number of hydrogen-bond acceptors (Lipinski definition) is 7. The lowest BCUT2D eigenvalue weighted by atomic mass is 9.63. The maximum Gasteiger partial charge on any atom is 0.284 e. The fourth-order valence-corrected chi connectivity index (χ4v) is 5.24. The number of carbonyl (C=O) groups excluding carboxylic acids is 2. The molecule has 0 atom stereocenters. The molecule has 10 nitrogen and oxygen atoms in total. The van der Waals surface area contributed by atoms with E-state index >= 15 is 0 Å². The molecule has 34 heavy (non-hydrogen) atoms. The first-order valence-electron chi connectivity index (χ1n) is 11.4. The fourth-order valence-electron chi connectivity index (χ4n) is 5.24. The van der Waals surface area contributed by atoms with Gasteiger partial charge in [-0.2, -0.15) is 10.2 Å². The van der Waals surface area contributed by atoms with Crippen molar-refractivity contribution in [2.45, 2.75) is 38.2 Å². The van der Waals surface area contributed by atoms with Crippen LogP contribution in [0.1, 0.15) is 54.2 Å². The molecule has 12 heteroatoms. The number of alkyl halides is 2. The minimum absolute atomic E-state index is 0.00614. The molecule has 3 aromatic rings. The summed E-state index contributed by atoms with van der Waals surface area (Å²) in [5.74, 6) is 0.416. The first kappa shape index (κ1) is 21.1. The van der Waals surface area contributed by atoms with Gasteiger partial charge in [-0.3, -0.25) is 14.3 Å². The van der Waals surface area contributed by atoms with E-state index in [4.69, 9.17) is 0 Å². The number of Topliss-reactive ketones (excluding diaryl/α,β-unsaturated/α-hetero) is 1. The Balaban J connectivity index is 1.23. The smallest absolute Gasteiger partial charge is 0.284 e. The van der Waals surface area contributed by atoms with Gasteiger partial charge in [-0.1, -0.05) is 0 Å². The summed E-state index contributed by atoms with van der Waals surface area (Å²) < 4.78 is 30.4. The SMILES string of the molecule is O=C1CC2(C1)CN(c1ccn3ncc(C(=O)Nc4cn(C5CCNCC5)nc4C(F)F)c3n1)C2. The molecule has 1 spiro atoms. The van der Waals surface area contributed by atoms with Crippen molar-refractivity contribution < 1.29 is 18.4 Å². The molecule has 2 aliphatic heterocycles. The summed E-state index contributed by atoms with van der Waals surface area (Å²) in [7, 11) is 0. The number of nitrogens with zero attached hydrogens (tertiary/aromatic N) is 6. The van der Waals surface area contributed by atoms with E-state index in [1.807, 2.05) is 6.07 Å². The first-order chi connectivity index (χ1) is 16.4. The second-order valence-corrected chi connectivity index (χ2v) is 9.50. The summed E-state index contributed by atoms with van der Waals surface area (Å²) in [4.78, 5) is 31.1. The molecular formula is C22H24F2N8O2. The van der Waals surface area contributed by atoms with Gasteiger partial charge in [-0.25, -0.2) is 18.3 Å². The Labute approximate surface area is 193 Å². The number of ketones is 1. The number of hydrogen-bond donors (Lipinski definition) is 2. The van der Waals surface area contributed by atoms with Crippen molar-refractivity contribution in [3.63, 3.8) is 0 Å². The molecule has 0 bridgehead atoms. The molecule has 2 N–H and O–H groups in total. The predicted molar refractivity (Wildman–Crippen MR) is 118 cm³/mol. The lowest BCUT2D eigenvalue weighted by Crippen LogP contribution is -2.63. The van der Waals surface area contributed by atoms with Gasteiger partial charge in [0.05, 0.1) is 17.9 Å². The molecule has 1 amide bonds. The van der Waals surface area contributed by atoms with Crippen LogP contribution >= 0.6 is 0 Å². The Hall–Kier alpha value is -3.41. The van der Waals surface area contributed by atoms with Crippen LogP contribution in [0.15, 0.2) is 24.7 Å². The molecule has 5 heterocycles. The zero-order valence-electron chi connectivity index (χ0n) is 18.4. The summed E-state index contributed by atoms with van der Waals surface area (Å²) in [6.07, 6.45) is 4.55. The molecule has 178 valence electrons. The monoisotopic (exact) mass is 470 g/mol. The third kappa shape index (κ3) is 3.52. The second-order valence-electron chi connectivity index (χ2n) is 9.50. The highest BCUT2D eigenvalue weighted by molar-refractivity contribution is 6.08. The van der Waals surface area contributed by atoms with Crippen LogP contribution in [0.25, 0.3) is 5.65 Å². The van der Waals surface area contributed by atoms with Crippen LogP contribution in [-0.2, 0) is 4.79 Å². The highest BCUT2D eigenvalue weighted by atomic mass is 19.3. The molecule has 3 aliphatic rings. The summed E-state index contributed by atoms with van der Waals surface area (Å²) in [6, 6.07) is 1.82. The first-order valence-corrected chi connectivity index (χ1v) is 11.4. The Morgan fingerprint density at radius 1 is 1.24 bits per heavy atom. The zero-order chi connectivity index (χ0) is 23.4. The molecule has 6 rings (SSSR count). The van der Waals surface area contributed by atoms with Crippen molar-refractivity contribution >= 4 is 28.8 Å². The van der Waals surface area contributed by atoms with Gasteiger partial charge in [0.25, 0.3) is 12.3 Å². The van der Waals surface area contributed by atoms with E-state index in [0.717, 1.165) is 39.0 Å². The number of nitrogens with one attached hydrogen (secondary N) is 2.